The van der Waals surface area contributed by atoms with Crippen LogP contribution in [0, 0.1) is 0 Å². The summed E-state index contributed by atoms with van der Waals surface area (Å²) in [6.07, 6.45) is -2.66. The molecule has 1 atom stereocenters. The second-order valence-corrected chi connectivity index (χ2v) is 3.28. The van der Waals surface area contributed by atoms with Crippen molar-refractivity contribution in [3.8, 4) is 0 Å². The Kier molecular flexibility index (Phi) is 3.01. The molecule has 0 aromatic rings. The molecule has 0 saturated carbocycles. The maximum absolute atomic E-state index is 12.2. The van der Waals surface area contributed by atoms with Crippen molar-refractivity contribution in [1.29, 1.82) is 0 Å². The molecule has 5 heteroatoms. The number of dihydropyridines is 1. The predicted molar refractivity (Wildman–Crippen MR) is 46.1 cm³/mol. The molecule has 0 aromatic heterocycles. The highest BCUT2D eigenvalue weighted by Gasteiger charge is 2.40. The van der Waals surface area contributed by atoms with Crippen LogP contribution >= 0.6 is 11.6 Å². The Morgan fingerprint density at radius 3 is 2.62 bits per heavy atom. The van der Waals surface area contributed by atoms with Crippen molar-refractivity contribution in [2.24, 2.45) is 4.99 Å². The molecule has 1 nitrogen and oxygen atoms in total. The molecule has 0 bridgehead atoms. The topological polar surface area (TPSA) is 12.4 Å². The second kappa shape index (κ2) is 3.70. The van der Waals surface area contributed by atoms with E-state index in [-0.39, 0.29) is 11.5 Å². The SMILES string of the molecule is CCC1=C(Cl)CC(C(F)(F)F)N=C1. The quantitative estimate of drug-likeness (QED) is 0.631. The third-order valence-electron chi connectivity index (χ3n) is 1.89. The van der Waals surface area contributed by atoms with Gasteiger partial charge in [0.1, 0.15) is 0 Å². The van der Waals surface area contributed by atoms with Gasteiger partial charge in [0.15, 0.2) is 6.04 Å². The van der Waals surface area contributed by atoms with E-state index in [0.717, 1.165) is 0 Å². The van der Waals surface area contributed by atoms with Crippen molar-refractivity contribution in [1.82, 2.24) is 0 Å². The Morgan fingerprint density at radius 2 is 2.23 bits per heavy atom. The van der Waals surface area contributed by atoms with Gasteiger partial charge < -0.3 is 0 Å². The standard InChI is InChI=1S/C8H9ClF3N/c1-2-5-4-13-7(3-6(5)9)8(10,11)12/h4,7H,2-3H2,1H3. The summed E-state index contributed by atoms with van der Waals surface area (Å²) < 4.78 is 36.5. The summed E-state index contributed by atoms with van der Waals surface area (Å²) in [5.74, 6) is 0. The van der Waals surface area contributed by atoms with Gasteiger partial charge in [-0.25, -0.2) is 0 Å². The number of hydrogen-bond donors (Lipinski definition) is 0. The first-order chi connectivity index (χ1) is 5.95. The first-order valence-electron chi connectivity index (χ1n) is 3.92. The minimum Gasteiger partial charge on any atom is -0.280 e. The first kappa shape index (κ1) is 10.6. The van der Waals surface area contributed by atoms with Crippen LogP contribution in [-0.2, 0) is 0 Å². The van der Waals surface area contributed by atoms with Crippen LogP contribution < -0.4 is 0 Å². The molecule has 0 amide bonds. The number of nitrogens with zero attached hydrogens (tertiary/aromatic N) is 1. The van der Waals surface area contributed by atoms with E-state index >= 15 is 0 Å². The molecular formula is C8H9ClF3N. The third-order valence-corrected chi connectivity index (χ3v) is 2.29. The number of aliphatic imine (C=N–C) groups is 1. The van der Waals surface area contributed by atoms with Crippen LogP contribution in [0.5, 0.6) is 0 Å². The van der Waals surface area contributed by atoms with Gasteiger partial charge in [-0.15, -0.1) is 0 Å². The van der Waals surface area contributed by atoms with E-state index in [1.54, 1.807) is 0 Å². The molecule has 13 heavy (non-hydrogen) atoms. The molecule has 0 radical (unpaired) electrons. The smallest absolute Gasteiger partial charge is 0.280 e. The summed E-state index contributed by atoms with van der Waals surface area (Å²) in [6, 6.07) is -1.66. The molecular weight excluding hydrogens is 203 g/mol. The Morgan fingerprint density at radius 1 is 1.62 bits per heavy atom. The van der Waals surface area contributed by atoms with Gasteiger partial charge >= 0.3 is 6.18 Å². The number of rotatable bonds is 1. The highest BCUT2D eigenvalue weighted by atomic mass is 35.5. The monoisotopic (exact) mass is 211 g/mol. The Bertz CT molecular complexity index is 255. The fourth-order valence-electron chi connectivity index (χ4n) is 1.09. The highest BCUT2D eigenvalue weighted by Crippen LogP contribution is 2.32. The Hall–Kier alpha value is -0.510. The van der Waals surface area contributed by atoms with Gasteiger partial charge in [0.05, 0.1) is 0 Å². The normalized spacial score (nSPS) is 23.9. The van der Waals surface area contributed by atoms with Gasteiger partial charge in [-0.05, 0) is 12.0 Å². The minimum absolute atomic E-state index is 0.218. The maximum atomic E-state index is 12.2. The van der Waals surface area contributed by atoms with E-state index in [9.17, 15) is 13.2 Å². The summed E-state index contributed by atoms with van der Waals surface area (Å²) in [6.45, 7) is 1.83. The van der Waals surface area contributed by atoms with Gasteiger partial charge in [-0.2, -0.15) is 13.2 Å². The van der Waals surface area contributed by atoms with E-state index in [2.05, 4.69) is 4.99 Å². The summed E-state index contributed by atoms with van der Waals surface area (Å²) >= 11 is 5.67. The molecule has 0 N–H and O–H groups in total. The van der Waals surface area contributed by atoms with E-state index < -0.39 is 12.2 Å². The first-order valence-corrected chi connectivity index (χ1v) is 4.30. The lowest BCUT2D eigenvalue weighted by Crippen LogP contribution is -2.29. The molecule has 1 aliphatic heterocycles. The zero-order valence-corrected chi connectivity index (χ0v) is 7.78. The van der Waals surface area contributed by atoms with Crippen molar-refractivity contribution in [2.45, 2.75) is 32.0 Å². The average Bonchev–Trinajstić information content (AvgIpc) is 2.02. The van der Waals surface area contributed by atoms with Crippen molar-refractivity contribution >= 4 is 17.8 Å². The van der Waals surface area contributed by atoms with Gasteiger partial charge in [-0.1, -0.05) is 18.5 Å². The van der Waals surface area contributed by atoms with Crippen LogP contribution in [0.2, 0.25) is 0 Å². The van der Waals surface area contributed by atoms with Gasteiger partial charge in [0.25, 0.3) is 0 Å². The van der Waals surface area contributed by atoms with Crippen LogP contribution in [-0.4, -0.2) is 18.4 Å². The van der Waals surface area contributed by atoms with Crippen molar-refractivity contribution < 1.29 is 13.2 Å². The molecule has 1 rings (SSSR count). The molecule has 0 fully saturated rings. The molecule has 1 unspecified atom stereocenters. The molecule has 74 valence electrons. The van der Waals surface area contributed by atoms with Crippen LogP contribution in [0.4, 0.5) is 13.2 Å². The van der Waals surface area contributed by atoms with Gasteiger partial charge in [0.2, 0.25) is 0 Å². The van der Waals surface area contributed by atoms with Crippen molar-refractivity contribution in [2.75, 3.05) is 0 Å². The van der Waals surface area contributed by atoms with Crippen molar-refractivity contribution in [3.63, 3.8) is 0 Å². The van der Waals surface area contributed by atoms with Crippen LogP contribution in [0.25, 0.3) is 0 Å². The fourth-order valence-corrected chi connectivity index (χ4v) is 1.42. The third kappa shape index (κ3) is 2.46. The number of hydrogen-bond acceptors (Lipinski definition) is 1. The molecule has 0 spiro atoms. The van der Waals surface area contributed by atoms with Gasteiger partial charge in [-0.3, -0.25) is 4.99 Å². The molecule has 0 aromatic carbocycles. The van der Waals surface area contributed by atoms with Crippen LogP contribution in [0.15, 0.2) is 15.6 Å². The molecule has 0 aliphatic carbocycles. The zero-order chi connectivity index (χ0) is 10.1. The maximum Gasteiger partial charge on any atom is 0.411 e. The molecule has 1 heterocycles. The largest absolute Gasteiger partial charge is 0.411 e. The lowest BCUT2D eigenvalue weighted by Gasteiger charge is -2.20. The predicted octanol–water partition coefficient (Wildman–Crippen LogP) is 3.29. The zero-order valence-electron chi connectivity index (χ0n) is 7.03. The molecule has 0 saturated heterocycles. The summed E-state index contributed by atoms with van der Waals surface area (Å²) in [5.41, 5.74) is 0.696. The van der Waals surface area contributed by atoms with Crippen molar-refractivity contribution in [3.05, 3.63) is 10.6 Å². The number of alkyl halides is 3. The van der Waals surface area contributed by atoms with Crippen LogP contribution in [0.1, 0.15) is 19.8 Å². The summed E-state index contributed by atoms with van der Waals surface area (Å²) in [4.78, 5) is 3.41. The number of allylic oxidation sites excluding steroid dienone is 1. The van der Waals surface area contributed by atoms with E-state index in [4.69, 9.17) is 11.6 Å². The lowest BCUT2D eigenvalue weighted by molar-refractivity contribution is -0.146. The van der Waals surface area contributed by atoms with E-state index in [0.29, 0.717) is 12.0 Å². The Labute approximate surface area is 79.3 Å². The van der Waals surface area contributed by atoms with E-state index in [1.165, 1.54) is 6.21 Å². The summed E-state index contributed by atoms with van der Waals surface area (Å²) in [7, 11) is 0. The second-order valence-electron chi connectivity index (χ2n) is 2.82. The lowest BCUT2D eigenvalue weighted by atomic mass is 10.1. The average molecular weight is 212 g/mol. The van der Waals surface area contributed by atoms with E-state index in [1.807, 2.05) is 6.92 Å². The van der Waals surface area contributed by atoms with Crippen LogP contribution in [0.3, 0.4) is 0 Å². The Balaban J connectivity index is 2.76. The fraction of sp³-hybridized carbons (Fsp3) is 0.625. The minimum atomic E-state index is -4.28. The molecule has 1 aliphatic rings. The van der Waals surface area contributed by atoms with Gasteiger partial charge in [0, 0.05) is 17.7 Å². The number of halogens is 4. The summed E-state index contributed by atoms with van der Waals surface area (Å²) in [5, 5.41) is 0.278. The highest BCUT2D eigenvalue weighted by molar-refractivity contribution is 6.31.